The van der Waals surface area contributed by atoms with Gasteiger partial charge < -0.3 is 14.8 Å². The number of hydrogen-bond donors (Lipinski definition) is 1. The molecule has 0 aromatic heterocycles. The molecule has 0 aromatic rings. The van der Waals surface area contributed by atoms with Crippen LogP contribution in [-0.4, -0.2) is 37.5 Å². The first-order chi connectivity index (χ1) is 10.2. The van der Waals surface area contributed by atoms with Gasteiger partial charge in [-0.2, -0.15) is 0 Å². The maximum absolute atomic E-state index is 6.25. The van der Waals surface area contributed by atoms with E-state index in [1.807, 2.05) is 0 Å². The summed E-state index contributed by atoms with van der Waals surface area (Å²) in [5, 5.41) is 3.74. The van der Waals surface area contributed by atoms with Crippen LogP contribution >= 0.6 is 0 Å². The summed E-state index contributed by atoms with van der Waals surface area (Å²) in [4.78, 5) is 0. The van der Waals surface area contributed by atoms with Gasteiger partial charge in [-0.3, -0.25) is 0 Å². The van der Waals surface area contributed by atoms with Crippen LogP contribution in [0.3, 0.4) is 0 Å². The Labute approximate surface area is 131 Å². The summed E-state index contributed by atoms with van der Waals surface area (Å²) in [5.41, 5.74) is 0.200. The summed E-state index contributed by atoms with van der Waals surface area (Å²) in [7, 11) is 0. The Morgan fingerprint density at radius 3 is 2.67 bits per heavy atom. The van der Waals surface area contributed by atoms with Gasteiger partial charge in [0.25, 0.3) is 0 Å². The number of rotatable bonds is 7. The standard InChI is InChI=1S/C18H35NO2/c1-4-11-19-17(14-20-15(2)3)16-8-12-21-18(13-16)9-6-5-7-10-18/h15-17,19H,4-14H2,1-3H3. The topological polar surface area (TPSA) is 30.5 Å². The third-order valence-corrected chi connectivity index (χ3v) is 5.13. The Hall–Kier alpha value is -0.120. The molecule has 2 unspecified atom stereocenters. The third kappa shape index (κ3) is 5.22. The van der Waals surface area contributed by atoms with Gasteiger partial charge in [-0.25, -0.2) is 0 Å². The predicted octanol–water partition coefficient (Wildman–Crippen LogP) is 3.91. The summed E-state index contributed by atoms with van der Waals surface area (Å²) >= 11 is 0. The summed E-state index contributed by atoms with van der Waals surface area (Å²) in [6, 6.07) is 0.495. The molecular formula is C18H35NO2. The molecule has 3 heteroatoms. The molecule has 2 fully saturated rings. The number of nitrogens with one attached hydrogen (secondary N) is 1. The molecule has 1 N–H and O–H groups in total. The summed E-state index contributed by atoms with van der Waals surface area (Å²) in [6.07, 6.45) is 10.6. The Morgan fingerprint density at radius 1 is 1.24 bits per heavy atom. The molecule has 3 nitrogen and oxygen atoms in total. The van der Waals surface area contributed by atoms with Crippen molar-refractivity contribution < 1.29 is 9.47 Å². The van der Waals surface area contributed by atoms with Crippen molar-refractivity contribution in [2.75, 3.05) is 19.8 Å². The van der Waals surface area contributed by atoms with Gasteiger partial charge in [0, 0.05) is 12.6 Å². The van der Waals surface area contributed by atoms with Crippen molar-refractivity contribution >= 4 is 0 Å². The largest absolute Gasteiger partial charge is 0.377 e. The highest BCUT2D eigenvalue weighted by Gasteiger charge is 2.40. The molecule has 0 radical (unpaired) electrons. The SMILES string of the molecule is CCCNC(COC(C)C)C1CCOC2(CCCCC2)C1. The van der Waals surface area contributed by atoms with Crippen molar-refractivity contribution in [3.8, 4) is 0 Å². The van der Waals surface area contributed by atoms with Crippen LogP contribution in [0.2, 0.25) is 0 Å². The average molecular weight is 297 g/mol. The lowest BCUT2D eigenvalue weighted by Crippen LogP contribution is -2.49. The molecule has 1 spiro atoms. The van der Waals surface area contributed by atoms with E-state index in [9.17, 15) is 0 Å². The van der Waals surface area contributed by atoms with Crippen molar-refractivity contribution in [1.29, 1.82) is 0 Å². The van der Waals surface area contributed by atoms with Gasteiger partial charge >= 0.3 is 0 Å². The van der Waals surface area contributed by atoms with Crippen LogP contribution in [0.25, 0.3) is 0 Å². The van der Waals surface area contributed by atoms with Crippen LogP contribution in [0.1, 0.15) is 72.1 Å². The van der Waals surface area contributed by atoms with E-state index >= 15 is 0 Å². The molecule has 0 amide bonds. The molecule has 0 aromatic carbocycles. The van der Waals surface area contributed by atoms with Crippen LogP contribution < -0.4 is 5.32 Å². The average Bonchev–Trinajstić information content (AvgIpc) is 2.48. The lowest BCUT2D eigenvalue weighted by molar-refractivity contribution is -0.125. The van der Waals surface area contributed by atoms with E-state index in [4.69, 9.17) is 9.47 Å². The summed E-state index contributed by atoms with van der Waals surface area (Å²) in [5.74, 6) is 0.710. The van der Waals surface area contributed by atoms with Crippen LogP contribution in [0, 0.1) is 5.92 Å². The van der Waals surface area contributed by atoms with Crippen LogP contribution in [0.5, 0.6) is 0 Å². The van der Waals surface area contributed by atoms with Crippen molar-refractivity contribution in [2.45, 2.75) is 89.9 Å². The van der Waals surface area contributed by atoms with Gasteiger partial charge in [-0.05, 0) is 58.4 Å². The predicted molar refractivity (Wildman–Crippen MR) is 87.7 cm³/mol. The Kier molecular flexibility index (Phi) is 6.97. The first kappa shape index (κ1) is 17.2. The monoisotopic (exact) mass is 297 g/mol. The van der Waals surface area contributed by atoms with Crippen LogP contribution in [0.15, 0.2) is 0 Å². The summed E-state index contributed by atoms with van der Waals surface area (Å²) in [6.45, 7) is 9.37. The van der Waals surface area contributed by atoms with Crippen molar-refractivity contribution in [3.63, 3.8) is 0 Å². The van der Waals surface area contributed by atoms with E-state index in [2.05, 4.69) is 26.1 Å². The quantitative estimate of drug-likeness (QED) is 0.773. The van der Waals surface area contributed by atoms with Crippen molar-refractivity contribution in [2.24, 2.45) is 5.92 Å². The maximum atomic E-state index is 6.25. The molecule has 2 atom stereocenters. The van der Waals surface area contributed by atoms with Gasteiger partial charge in [-0.1, -0.05) is 26.2 Å². The van der Waals surface area contributed by atoms with Gasteiger partial charge in [0.15, 0.2) is 0 Å². The molecule has 2 aliphatic rings. The molecule has 1 aliphatic carbocycles. The Morgan fingerprint density at radius 2 is 2.00 bits per heavy atom. The van der Waals surface area contributed by atoms with Crippen LogP contribution in [0.4, 0.5) is 0 Å². The number of hydrogen-bond acceptors (Lipinski definition) is 3. The lowest BCUT2D eigenvalue weighted by atomic mass is 9.74. The Balaban J connectivity index is 1.93. The second-order valence-corrected chi connectivity index (χ2v) is 7.29. The normalized spacial score (nSPS) is 27.1. The highest BCUT2D eigenvalue weighted by atomic mass is 16.5. The molecule has 21 heavy (non-hydrogen) atoms. The maximum Gasteiger partial charge on any atom is 0.0685 e. The third-order valence-electron chi connectivity index (χ3n) is 5.13. The zero-order valence-electron chi connectivity index (χ0n) is 14.3. The van der Waals surface area contributed by atoms with E-state index < -0.39 is 0 Å². The fourth-order valence-corrected chi connectivity index (χ4v) is 3.94. The first-order valence-corrected chi connectivity index (χ1v) is 9.14. The van der Waals surface area contributed by atoms with Crippen molar-refractivity contribution in [1.82, 2.24) is 5.32 Å². The fraction of sp³-hybridized carbons (Fsp3) is 1.00. The molecule has 124 valence electrons. The molecule has 1 saturated carbocycles. The molecule has 1 heterocycles. The lowest BCUT2D eigenvalue weighted by Gasteiger charge is -2.45. The molecule has 1 aliphatic heterocycles. The van der Waals surface area contributed by atoms with E-state index in [1.54, 1.807) is 0 Å². The van der Waals surface area contributed by atoms with E-state index in [1.165, 1.54) is 51.4 Å². The molecule has 2 rings (SSSR count). The number of ether oxygens (including phenoxy) is 2. The van der Waals surface area contributed by atoms with Gasteiger partial charge in [0.05, 0.1) is 18.3 Å². The smallest absolute Gasteiger partial charge is 0.0685 e. The second kappa shape index (κ2) is 8.50. The van der Waals surface area contributed by atoms with Gasteiger partial charge in [0.1, 0.15) is 0 Å². The van der Waals surface area contributed by atoms with Crippen molar-refractivity contribution in [3.05, 3.63) is 0 Å². The summed E-state index contributed by atoms with van der Waals surface area (Å²) < 4.78 is 12.2. The Bertz CT molecular complexity index is 281. The zero-order valence-corrected chi connectivity index (χ0v) is 14.3. The minimum Gasteiger partial charge on any atom is -0.377 e. The first-order valence-electron chi connectivity index (χ1n) is 9.14. The minimum absolute atomic E-state index is 0.200. The minimum atomic E-state index is 0.200. The zero-order chi connectivity index (χ0) is 15.1. The highest BCUT2D eigenvalue weighted by molar-refractivity contribution is 4.93. The molecular weight excluding hydrogens is 262 g/mol. The molecule has 0 bridgehead atoms. The van der Waals surface area contributed by atoms with Crippen LogP contribution in [-0.2, 0) is 9.47 Å². The van der Waals surface area contributed by atoms with Gasteiger partial charge in [-0.15, -0.1) is 0 Å². The highest BCUT2D eigenvalue weighted by Crippen LogP contribution is 2.41. The van der Waals surface area contributed by atoms with E-state index in [-0.39, 0.29) is 5.60 Å². The second-order valence-electron chi connectivity index (χ2n) is 7.29. The van der Waals surface area contributed by atoms with E-state index in [0.717, 1.165) is 19.8 Å². The molecule has 1 saturated heterocycles. The van der Waals surface area contributed by atoms with Gasteiger partial charge in [0.2, 0.25) is 0 Å². The van der Waals surface area contributed by atoms with E-state index in [0.29, 0.717) is 18.1 Å². The fourth-order valence-electron chi connectivity index (χ4n) is 3.94.